The van der Waals surface area contributed by atoms with Crippen LogP contribution in [-0.4, -0.2) is 20.6 Å². The van der Waals surface area contributed by atoms with Crippen LogP contribution < -0.4 is 5.32 Å². The highest BCUT2D eigenvalue weighted by atomic mass is 35.5. The van der Waals surface area contributed by atoms with Gasteiger partial charge in [0.2, 0.25) is 0 Å². The Morgan fingerprint density at radius 1 is 1.19 bits per heavy atom. The Hall–Kier alpha value is -2.84. The fraction of sp³-hybridized carbons (Fsp3) is 0.111. The van der Waals surface area contributed by atoms with Crippen LogP contribution in [-0.2, 0) is 11.5 Å². The van der Waals surface area contributed by atoms with Gasteiger partial charge in [-0.2, -0.15) is 16.9 Å². The molecular weight excluding hydrogens is 388 g/mol. The van der Waals surface area contributed by atoms with Gasteiger partial charge in [-0.25, -0.2) is 4.68 Å². The molecule has 0 unspecified atom stereocenters. The van der Waals surface area contributed by atoms with Crippen molar-refractivity contribution in [2.45, 2.75) is 11.5 Å². The average molecular weight is 401 g/mol. The second-order valence-corrected chi connectivity index (χ2v) is 7.28. The third kappa shape index (κ3) is 3.29. The van der Waals surface area contributed by atoms with Crippen LogP contribution in [0.3, 0.4) is 0 Å². The topological polar surface area (TPSA) is 90.1 Å². The zero-order chi connectivity index (χ0) is 19.0. The lowest BCUT2D eigenvalue weighted by Crippen LogP contribution is -2.16. The molecule has 4 rings (SSSR count). The van der Waals surface area contributed by atoms with E-state index in [0.717, 1.165) is 22.8 Å². The van der Waals surface area contributed by atoms with Gasteiger partial charge in [0.15, 0.2) is 0 Å². The second kappa shape index (κ2) is 7.05. The van der Waals surface area contributed by atoms with Crippen molar-refractivity contribution >= 4 is 40.8 Å². The number of halogens is 1. The first-order valence-electron chi connectivity index (χ1n) is 8.04. The predicted octanol–water partition coefficient (Wildman–Crippen LogP) is 4.43. The summed E-state index contributed by atoms with van der Waals surface area (Å²) in [6.07, 6.45) is 0. The van der Waals surface area contributed by atoms with Crippen molar-refractivity contribution in [1.82, 2.24) is 9.78 Å². The molecular formula is C18H13ClN4O3S. The van der Waals surface area contributed by atoms with Gasteiger partial charge in [0, 0.05) is 29.2 Å². The summed E-state index contributed by atoms with van der Waals surface area (Å²) < 4.78 is 1.61. The summed E-state index contributed by atoms with van der Waals surface area (Å²) in [5.74, 6) is 1.72. The Morgan fingerprint density at radius 2 is 1.93 bits per heavy atom. The van der Waals surface area contributed by atoms with Crippen molar-refractivity contribution in [3.05, 3.63) is 80.5 Å². The van der Waals surface area contributed by atoms with Gasteiger partial charge in [-0.15, -0.1) is 0 Å². The molecule has 136 valence electrons. The van der Waals surface area contributed by atoms with Crippen LogP contribution in [0, 0.1) is 10.1 Å². The van der Waals surface area contributed by atoms with E-state index in [0.29, 0.717) is 22.1 Å². The molecule has 1 N–H and O–H groups in total. The monoisotopic (exact) mass is 400 g/mol. The number of non-ortho nitro benzene ring substituents is 1. The molecule has 0 saturated heterocycles. The number of hydrogen-bond donors (Lipinski definition) is 1. The summed E-state index contributed by atoms with van der Waals surface area (Å²) in [5, 5.41) is 18.7. The molecule has 1 aliphatic rings. The fourth-order valence-electron chi connectivity index (χ4n) is 2.86. The number of benzene rings is 2. The van der Waals surface area contributed by atoms with Crippen LogP contribution in [0.4, 0.5) is 11.5 Å². The third-order valence-corrected chi connectivity index (χ3v) is 5.51. The maximum atomic E-state index is 12.7. The first-order chi connectivity index (χ1) is 13.0. The van der Waals surface area contributed by atoms with Crippen molar-refractivity contribution in [2.75, 3.05) is 5.32 Å². The van der Waals surface area contributed by atoms with Crippen LogP contribution in [0.25, 0.3) is 5.69 Å². The SMILES string of the molecule is O=C(Nc1c2c(nn1-c1ccc([N+](=O)[O-])cc1)CSC2)c1ccccc1Cl. The molecule has 1 aromatic heterocycles. The van der Waals surface area contributed by atoms with Gasteiger partial charge in [0.25, 0.3) is 11.6 Å². The summed E-state index contributed by atoms with van der Waals surface area (Å²) in [4.78, 5) is 23.1. The lowest BCUT2D eigenvalue weighted by molar-refractivity contribution is -0.384. The molecule has 0 atom stereocenters. The molecule has 0 radical (unpaired) electrons. The number of amides is 1. The summed E-state index contributed by atoms with van der Waals surface area (Å²) in [6.45, 7) is 0. The van der Waals surface area contributed by atoms with E-state index in [2.05, 4.69) is 10.4 Å². The van der Waals surface area contributed by atoms with Crippen molar-refractivity contribution in [3.63, 3.8) is 0 Å². The summed E-state index contributed by atoms with van der Waals surface area (Å²) in [5.41, 5.74) is 2.85. The van der Waals surface area contributed by atoms with E-state index in [1.165, 1.54) is 12.1 Å². The number of carbonyl (C=O) groups excluding carboxylic acids is 1. The smallest absolute Gasteiger partial charge is 0.269 e. The largest absolute Gasteiger partial charge is 0.306 e. The molecule has 7 nitrogen and oxygen atoms in total. The predicted molar refractivity (Wildman–Crippen MR) is 105 cm³/mol. The molecule has 1 amide bonds. The maximum Gasteiger partial charge on any atom is 0.269 e. The Kier molecular flexibility index (Phi) is 4.59. The Bertz CT molecular complexity index is 1050. The van der Waals surface area contributed by atoms with E-state index in [4.69, 9.17) is 11.6 Å². The summed E-state index contributed by atoms with van der Waals surface area (Å²) >= 11 is 7.85. The van der Waals surface area contributed by atoms with Gasteiger partial charge < -0.3 is 5.32 Å². The van der Waals surface area contributed by atoms with Crippen molar-refractivity contribution < 1.29 is 9.72 Å². The molecule has 27 heavy (non-hydrogen) atoms. The first-order valence-corrected chi connectivity index (χ1v) is 9.57. The molecule has 0 aliphatic carbocycles. The highest BCUT2D eigenvalue weighted by molar-refractivity contribution is 7.98. The lowest BCUT2D eigenvalue weighted by atomic mass is 10.2. The van der Waals surface area contributed by atoms with E-state index >= 15 is 0 Å². The number of rotatable bonds is 4. The summed E-state index contributed by atoms with van der Waals surface area (Å²) in [7, 11) is 0. The summed E-state index contributed by atoms with van der Waals surface area (Å²) in [6, 6.07) is 12.9. The van der Waals surface area contributed by atoms with E-state index in [-0.39, 0.29) is 11.6 Å². The number of nitrogens with zero attached hydrogens (tertiary/aromatic N) is 3. The molecule has 3 aromatic rings. The number of nitrogens with one attached hydrogen (secondary N) is 1. The number of nitro groups is 1. The molecule has 0 saturated carbocycles. The van der Waals surface area contributed by atoms with Crippen molar-refractivity contribution in [1.29, 1.82) is 0 Å². The van der Waals surface area contributed by atoms with Crippen molar-refractivity contribution in [3.8, 4) is 5.69 Å². The van der Waals surface area contributed by atoms with Gasteiger partial charge in [-0.3, -0.25) is 14.9 Å². The van der Waals surface area contributed by atoms with E-state index in [9.17, 15) is 14.9 Å². The number of aromatic nitrogens is 2. The average Bonchev–Trinajstić information content (AvgIpc) is 3.25. The van der Waals surface area contributed by atoms with Gasteiger partial charge in [0.1, 0.15) is 5.82 Å². The molecule has 0 spiro atoms. The highest BCUT2D eigenvalue weighted by Gasteiger charge is 2.25. The number of thioether (sulfide) groups is 1. The Morgan fingerprint density at radius 3 is 2.63 bits per heavy atom. The van der Waals surface area contributed by atoms with E-state index in [1.807, 2.05) is 0 Å². The van der Waals surface area contributed by atoms with Crippen LogP contribution in [0.5, 0.6) is 0 Å². The number of anilines is 1. The van der Waals surface area contributed by atoms with Gasteiger partial charge in [-0.1, -0.05) is 23.7 Å². The molecule has 0 fully saturated rings. The van der Waals surface area contributed by atoms with Gasteiger partial charge in [-0.05, 0) is 24.3 Å². The van der Waals surface area contributed by atoms with Crippen LogP contribution >= 0.6 is 23.4 Å². The third-order valence-electron chi connectivity index (χ3n) is 4.21. The lowest BCUT2D eigenvalue weighted by Gasteiger charge is -2.11. The maximum absolute atomic E-state index is 12.7. The van der Waals surface area contributed by atoms with E-state index in [1.54, 1.807) is 52.8 Å². The number of fused-ring (bicyclic) bond motifs is 1. The minimum atomic E-state index is -0.455. The minimum absolute atomic E-state index is 0.00402. The standard InChI is InChI=1S/C18H13ClN4O3S/c19-15-4-2-1-3-13(15)18(24)20-17-14-9-27-10-16(14)21-22(17)11-5-7-12(8-6-11)23(25)26/h1-8H,9-10H2,(H,20,24). The second-order valence-electron chi connectivity index (χ2n) is 5.89. The van der Waals surface area contributed by atoms with Crippen molar-refractivity contribution in [2.24, 2.45) is 0 Å². The fourth-order valence-corrected chi connectivity index (χ4v) is 4.12. The van der Waals surface area contributed by atoms with E-state index < -0.39 is 4.92 Å². The Balaban J connectivity index is 1.73. The number of nitro benzene ring substituents is 1. The Labute approximate surface area is 163 Å². The van der Waals surface area contributed by atoms with Crippen LogP contribution in [0.15, 0.2) is 48.5 Å². The normalized spacial score (nSPS) is 12.6. The van der Waals surface area contributed by atoms with Gasteiger partial charge in [0.05, 0.1) is 26.9 Å². The number of carbonyl (C=O) groups is 1. The molecule has 2 heterocycles. The molecule has 9 heteroatoms. The zero-order valence-corrected chi connectivity index (χ0v) is 15.5. The quantitative estimate of drug-likeness (QED) is 0.516. The molecule has 1 aliphatic heterocycles. The first kappa shape index (κ1) is 17.6. The van der Waals surface area contributed by atoms with Crippen LogP contribution in [0.2, 0.25) is 5.02 Å². The number of hydrogen-bond acceptors (Lipinski definition) is 5. The van der Waals surface area contributed by atoms with Gasteiger partial charge >= 0.3 is 0 Å². The molecule has 0 bridgehead atoms. The minimum Gasteiger partial charge on any atom is -0.306 e. The zero-order valence-electron chi connectivity index (χ0n) is 13.9. The van der Waals surface area contributed by atoms with Crippen LogP contribution in [0.1, 0.15) is 21.6 Å². The molecule has 2 aromatic carbocycles. The highest BCUT2D eigenvalue weighted by Crippen LogP contribution is 2.36.